The summed E-state index contributed by atoms with van der Waals surface area (Å²) in [6.07, 6.45) is -0.990. The summed E-state index contributed by atoms with van der Waals surface area (Å²) in [5, 5.41) is 0. The number of rotatable bonds is 5. The van der Waals surface area contributed by atoms with Crippen molar-refractivity contribution >= 4 is 11.2 Å². The summed E-state index contributed by atoms with van der Waals surface area (Å²) in [5.74, 6) is -0.0572. The van der Waals surface area contributed by atoms with Crippen LogP contribution in [0.3, 0.4) is 0 Å². The van der Waals surface area contributed by atoms with Crippen molar-refractivity contribution in [2.75, 3.05) is 0 Å². The summed E-state index contributed by atoms with van der Waals surface area (Å²) < 4.78 is 67.3. The van der Waals surface area contributed by atoms with E-state index in [2.05, 4.69) is 15.0 Å². The summed E-state index contributed by atoms with van der Waals surface area (Å²) in [4.78, 5) is 25.6. The zero-order valence-electron chi connectivity index (χ0n) is 17.1. The van der Waals surface area contributed by atoms with Crippen LogP contribution in [0.15, 0.2) is 35.4 Å². The van der Waals surface area contributed by atoms with Gasteiger partial charge in [-0.05, 0) is 37.0 Å². The molecule has 4 rings (SSSR count). The molecule has 0 amide bonds. The molecule has 0 atom stereocenters. The van der Waals surface area contributed by atoms with Crippen LogP contribution in [0, 0.1) is 0 Å². The predicted molar refractivity (Wildman–Crippen MR) is 108 cm³/mol. The van der Waals surface area contributed by atoms with Crippen LogP contribution in [0.25, 0.3) is 11.2 Å². The van der Waals surface area contributed by atoms with Gasteiger partial charge < -0.3 is 0 Å². The first-order valence-electron chi connectivity index (χ1n) is 10.4. The van der Waals surface area contributed by atoms with Crippen molar-refractivity contribution in [3.05, 3.63) is 63.5 Å². The fraction of sp³-hybridized carbons (Fsp3) is 0.455. The van der Waals surface area contributed by atoms with E-state index in [1.54, 1.807) is 6.07 Å². The van der Waals surface area contributed by atoms with Crippen LogP contribution in [0.2, 0.25) is 0 Å². The lowest BCUT2D eigenvalue weighted by molar-refractivity contribution is -0.138. The summed E-state index contributed by atoms with van der Waals surface area (Å²) in [6, 6.07) is 3.66. The Morgan fingerprint density at radius 3 is 2.56 bits per heavy atom. The molecule has 170 valence electrons. The third-order valence-corrected chi connectivity index (χ3v) is 5.78. The Bertz CT molecular complexity index is 1170. The smallest absolute Gasteiger partial charge is 0.285 e. The topological polar surface area (TPSA) is 60.7 Å². The van der Waals surface area contributed by atoms with E-state index in [9.17, 15) is 26.7 Å². The fourth-order valence-corrected chi connectivity index (χ4v) is 4.28. The highest BCUT2D eigenvalue weighted by molar-refractivity contribution is 5.71. The van der Waals surface area contributed by atoms with Crippen LogP contribution in [-0.2, 0) is 19.1 Å². The Morgan fingerprint density at radius 2 is 1.88 bits per heavy atom. The average molecular weight is 452 g/mol. The van der Waals surface area contributed by atoms with Crippen molar-refractivity contribution in [1.82, 2.24) is 19.5 Å². The van der Waals surface area contributed by atoms with Crippen LogP contribution >= 0.6 is 0 Å². The van der Waals surface area contributed by atoms with E-state index < -0.39 is 36.7 Å². The number of fused-ring (bicyclic) bond motifs is 1. The minimum absolute atomic E-state index is 0.0475. The quantitative estimate of drug-likeness (QED) is 0.505. The molecule has 1 fully saturated rings. The van der Waals surface area contributed by atoms with E-state index in [-0.39, 0.29) is 28.5 Å². The van der Waals surface area contributed by atoms with Gasteiger partial charge in [0.25, 0.3) is 5.56 Å². The first-order valence-corrected chi connectivity index (χ1v) is 10.4. The van der Waals surface area contributed by atoms with Gasteiger partial charge in [-0.2, -0.15) is 13.2 Å². The Labute approximate surface area is 180 Å². The zero-order valence-corrected chi connectivity index (χ0v) is 17.1. The molecule has 3 heterocycles. The Morgan fingerprint density at radius 1 is 1.12 bits per heavy atom. The van der Waals surface area contributed by atoms with E-state index >= 15 is 0 Å². The van der Waals surface area contributed by atoms with E-state index in [0.717, 1.165) is 48.9 Å². The summed E-state index contributed by atoms with van der Waals surface area (Å²) in [6.45, 7) is -0.450. The van der Waals surface area contributed by atoms with Crippen LogP contribution in [-0.4, -0.2) is 25.9 Å². The maximum atomic E-state index is 13.5. The normalized spacial score (nSPS) is 15.6. The molecule has 0 saturated heterocycles. The first kappa shape index (κ1) is 22.3. The number of hydrogen-bond donors (Lipinski definition) is 0. The molecule has 32 heavy (non-hydrogen) atoms. The molecular formula is C22H21F5N4O. The van der Waals surface area contributed by atoms with Crippen molar-refractivity contribution in [1.29, 1.82) is 0 Å². The molecule has 10 heteroatoms. The van der Waals surface area contributed by atoms with Gasteiger partial charge in [-0.25, -0.2) is 18.7 Å². The van der Waals surface area contributed by atoms with Gasteiger partial charge >= 0.3 is 6.18 Å². The molecule has 1 aliphatic rings. The number of nitrogens with zero attached hydrogens (tertiary/aromatic N) is 4. The number of hydrogen-bond acceptors (Lipinski definition) is 4. The second-order valence-corrected chi connectivity index (χ2v) is 7.99. The highest BCUT2D eigenvalue weighted by Crippen LogP contribution is 2.33. The maximum Gasteiger partial charge on any atom is 0.418 e. The Kier molecular flexibility index (Phi) is 6.21. The average Bonchev–Trinajstić information content (AvgIpc) is 2.75. The SMILES string of the molecule is O=c1c(C2CCCCC2)cc2nc(CC(F)F)cnc2n1Cc1ncccc1C(F)(F)F. The highest BCUT2D eigenvalue weighted by Gasteiger charge is 2.34. The van der Waals surface area contributed by atoms with Gasteiger partial charge in [0, 0.05) is 11.8 Å². The molecule has 0 aromatic carbocycles. The van der Waals surface area contributed by atoms with Gasteiger partial charge in [0.15, 0.2) is 5.65 Å². The molecule has 0 N–H and O–H groups in total. The molecular weight excluding hydrogens is 431 g/mol. The molecule has 1 saturated carbocycles. The van der Waals surface area contributed by atoms with Gasteiger partial charge in [0.2, 0.25) is 6.43 Å². The fourth-order valence-electron chi connectivity index (χ4n) is 4.28. The van der Waals surface area contributed by atoms with Crippen molar-refractivity contribution in [3.63, 3.8) is 0 Å². The van der Waals surface area contributed by atoms with E-state index in [1.807, 2.05) is 0 Å². The number of alkyl halides is 5. The highest BCUT2D eigenvalue weighted by atomic mass is 19.4. The standard InChI is InChI=1S/C22H21F5N4O/c23-19(24)9-14-11-29-20-17(30-14)10-15(13-5-2-1-3-6-13)21(32)31(20)12-18-16(22(25,26)27)7-4-8-28-18/h4,7-8,10-11,13,19H,1-3,5-6,9,12H2. The van der Waals surface area contributed by atoms with Crippen LogP contribution in [0.1, 0.15) is 60.5 Å². The van der Waals surface area contributed by atoms with Crippen molar-refractivity contribution < 1.29 is 22.0 Å². The van der Waals surface area contributed by atoms with Crippen LogP contribution in [0.4, 0.5) is 22.0 Å². The minimum atomic E-state index is -4.64. The molecule has 0 aliphatic heterocycles. The third-order valence-electron chi connectivity index (χ3n) is 5.78. The molecule has 3 aromatic heterocycles. The molecule has 3 aromatic rings. The minimum Gasteiger partial charge on any atom is -0.285 e. The van der Waals surface area contributed by atoms with E-state index in [4.69, 9.17) is 0 Å². The van der Waals surface area contributed by atoms with Gasteiger partial charge in [-0.3, -0.25) is 14.3 Å². The zero-order chi connectivity index (χ0) is 22.9. The summed E-state index contributed by atoms with van der Waals surface area (Å²) in [7, 11) is 0. The lowest BCUT2D eigenvalue weighted by Gasteiger charge is -2.23. The van der Waals surface area contributed by atoms with Crippen molar-refractivity contribution in [3.8, 4) is 0 Å². The van der Waals surface area contributed by atoms with Gasteiger partial charge in [0.1, 0.15) is 5.52 Å². The lowest BCUT2D eigenvalue weighted by Crippen LogP contribution is -2.29. The van der Waals surface area contributed by atoms with Crippen LogP contribution in [0.5, 0.6) is 0 Å². The molecule has 0 bridgehead atoms. The number of aromatic nitrogens is 4. The molecule has 0 unspecified atom stereocenters. The predicted octanol–water partition coefficient (Wildman–Crippen LogP) is 5.11. The monoisotopic (exact) mass is 452 g/mol. The summed E-state index contributed by atoms with van der Waals surface area (Å²) in [5.41, 5.74) is -0.947. The molecule has 0 spiro atoms. The molecule has 0 radical (unpaired) electrons. The molecule has 5 nitrogen and oxygen atoms in total. The lowest BCUT2D eigenvalue weighted by atomic mass is 9.84. The second kappa shape index (κ2) is 8.91. The number of halogens is 5. The Hall–Kier alpha value is -2.91. The van der Waals surface area contributed by atoms with Gasteiger partial charge in [-0.15, -0.1) is 0 Å². The van der Waals surface area contributed by atoms with Crippen LogP contribution < -0.4 is 5.56 Å². The van der Waals surface area contributed by atoms with E-state index in [1.165, 1.54) is 12.3 Å². The van der Waals surface area contributed by atoms with Gasteiger partial charge in [-0.1, -0.05) is 19.3 Å². The second-order valence-electron chi connectivity index (χ2n) is 7.99. The first-order chi connectivity index (χ1) is 15.2. The maximum absolute atomic E-state index is 13.5. The summed E-state index contributed by atoms with van der Waals surface area (Å²) >= 11 is 0. The Balaban J connectivity index is 1.88. The largest absolute Gasteiger partial charge is 0.418 e. The third kappa shape index (κ3) is 4.63. The van der Waals surface area contributed by atoms with E-state index in [0.29, 0.717) is 5.56 Å². The van der Waals surface area contributed by atoms with Crippen molar-refractivity contribution in [2.45, 2.75) is 63.6 Å². The van der Waals surface area contributed by atoms with Gasteiger partial charge in [0.05, 0.1) is 36.1 Å². The van der Waals surface area contributed by atoms with Crippen molar-refractivity contribution in [2.24, 2.45) is 0 Å². The number of pyridine rings is 2. The molecule has 1 aliphatic carbocycles.